The van der Waals surface area contributed by atoms with Crippen molar-refractivity contribution in [1.82, 2.24) is 10.2 Å². The summed E-state index contributed by atoms with van der Waals surface area (Å²) >= 11 is 6.38. The first-order valence-electron chi connectivity index (χ1n) is 12.9. The summed E-state index contributed by atoms with van der Waals surface area (Å²) in [7, 11) is 0. The summed E-state index contributed by atoms with van der Waals surface area (Å²) in [5.41, 5.74) is 1.28. The molecule has 0 heterocycles. The number of halogens is 1. The summed E-state index contributed by atoms with van der Waals surface area (Å²) in [6.07, 6.45) is 1.62. The lowest BCUT2D eigenvalue weighted by Gasteiger charge is -2.34. The second-order valence-electron chi connectivity index (χ2n) is 10.4. The van der Waals surface area contributed by atoms with Crippen molar-refractivity contribution in [3.05, 3.63) is 58.1 Å². The van der Waals surface area contributed by atoms with Crippen molar-refractivity contribution in [2.45, 2.75) is 85.4 Å². The monoisotopic (exact) mass is 545 g/mol. The number of hydrogen-bond donors (Lipinski definition) is 3. The van der Waals surface area contributed by atoms with E-state index in [1.807, 2.05) is 19.9 Å². The predicted molar refractivity (Wildman–Crippen MR) is 150 cm³/mol. The Bertz CT molecular complexity index is 1130. The molecule has 2 unspecified atom stereocenters. The predicted octanol–water partition coefficient (Wildman–Crippen LogP) is 6.27. The van der Waals surface area contributed by atoms with Crippen molar-refractivity contribution in [2.75, 3.05) is 11.9 Å². The van der Waals surface area contributed by atoms with Crippen molar-refractivity contribution in [3.63, 3.8) is 0 Å². The summed E-state index contributed by atoms with van der Waals surface area (Å²) in [4.78, 5) is 41.5. The summed E-state index contributed by atoms with van der Waals surface area (Å²) in [5.74, 6) is -1.09. The highest BCUT2D eigenvalue weighted by Crippen LogP contribution is 2.34. The largest absolute Gasteiger partial charge is 0.507 e. The van der Waals surface area contributed by atoms with Gasteiger partial charge in [0.25, 0.3) is 5.91 Å². The SMILES string of the molecule is CCCCCN(C(=O)C(C)NC(=O)OC(C)(C)C)C(C(=O)Nc1c(C)cccc1Cl)c1cccc(C)c1O. The Morgan fingerprint density at radius 3 is 2.29 bits per heavy atom. The number of nitrogens with zero attached hydrogens (tertiary/aromatic N) is 1. The van der Waals surface area contributed by atoms with Gasteiger partial charge in [-0.25, -0.2) is 4.79 Å². The standard InChI is InChI=1S/C29H40ClN3O5/c1-8-9-10-17-33(27(36)20(4)31-28(37)38-29(5,6)7)24(21-15-11-14-19(3)25(21)34)26(35)32-23-18(2)13-12-16-22(23)30/h11-16,20,24,34H,8-10,17H2,1-7H3,(H,31,37)(H,32,35). The number of carbonyl (C=O) groups is 3. The molecular weight excluding hydrogens is 506 g/mol. The van der Waals surface area contributed by atoms with E-state index >= 15 is 0 Å². The molecule has 3 N–H and O–H groups in total. The van der Waals surface area contributed by atoms with Crippen LogP contribution in [0.3, 0.4) is 0 Å². The van der Waals surface area contributed by atoms with Crippen molar-refractivity contribution in [2.24, 2.45) is 0 Å². The van der Waals surface area contributed by atoms with Gasteiger partial charge in [0.05, 0.1) is 10.7 Å². The number of phenols is 1. The van der Waals surface area contributed by atoms with Crippen LogP contribution in [0.2, 0.25) is 5.02 Å². The fraction of sp³-hybridized carbons (Fsp3) is 0.483. The number of unbranched alkanes of at least 4 members (excludes halogenated alkanes) is 2. The number of alkyl carbamates (subject to hydrolysis) is 1. The lowest BCUT2D eigenvalue weighted by atomic mass is 9.98. The van der Waals surface area contributed by atoms with Crippen molar-refractivity contribution in [3.8, 4) is 5.75 Å². The van der Waals surface area contributed by atoms with Crippen LogP contribution in [0.25, 0.3) is 0 Å². The Labute approximate surface area is 230 Å². The molecule has 2 aromatic carbocycles. The van der Waals surface area contributed by atoms with Crippen molar-refractivity contribution >= 4 is 35.2 Å². The number of anilines is 1. The van der Waals surface area contributed by atoms with E-state index < -0.39 is 35.6 Å². The molecule has 0 fully saturated rings. The number of ether oxygens (including phenoxy) is 1. The number of amides is 3. The molecule has 0 aliphatic rings. The highest BCUT2D eigenvalue weighted by atomic mass is 35.5. The minimum Gasteiger partial charge on any atom is -0.507 e. The third-order valence-electron chi connectivity index (χ3n) is 5.98. The molecule has 0 radical (unpaired) electrons. The van der Waals surface area contributed by atoms with Crippen molar-refractivity contribution < 1.29 is 24.2 Å². The number of rotatable bonds is 10. The molecule has 9 heteroatoms. The first-order valence-corrected chi connectivity index (χ1v) is 13.3. The maximum Gasteiger partial charge on any atom is 0.408 e. The van der Waals surface area contributed by atoms with Gasteiger partial charge in [0.15, 0.2) is 0 Å². The second-order valence-corrected chi connectivity index (χ2v) is 10.9. The summed E-state index contributed by atoms with van der Waals surface area (Å²) < 4.78 is 5.31. The molecule has 38 heavy (non-hydrogen) atoms. The number of carbonyl (C=O) groups excluding carboxylic acids is 3. The van der Waals surface area contributed by atoms with Crippen molar-refractivity contribution in [1.29, 1.82) is 0 Å². The van der Waals surface area contributed by atoms with E-state index in [4.69, 9.17) is 16.3 Å². The van der Waals surface area contributed by atoms with E-state index in [1.165, 1.54) is 4.90 Å². The van der Waals surface area contributed by atoms with Gasteiger partial charge in [-0.15, -0.1) is 0 Å². The number of nitrogens with one attached hydrogen (secondary N) is 2. The van der Waals surface area contributed by atoms with Gasteiger partial charge in [-0.05, 0) is 65.2 Å². The highest BCUT2D eigenvalue weighted by molar-refractivity contribution is 6.34. The molecule has 0 aliphatic heterocycles. The lowest BCUT2D eigenvalue weighted by molar-refractivity contribution is -0.140. The van der Waals surface area contributed by atoms with E-state index in [1.54, 1.807) is 65.0 Å². The van der Waals surface area contributed by atoms with Crippen LogP contribution in [-0.2, 0) is 14.3 Å². The molecule has 3 amide bonds. The molecule has 2 atom stereocenters. The third-order valence-corrected chi connectivity index (χ3v) is 6.30. The second kappa shape index (κ2) is 13.5. The Kier molecular flexibility index (Phi) is 11.0. The van der Waals surface area contributed by atoms with Crippen LogP contribution in [-0.4, -0.2) is 46.1 Å². The Balaban J connectivity index is 2.54. The van der Waals surface area contributed by atoms with Crippen LogP contribution in [0.1, 0.15) is 76.6 Å². The van der Waals surface area contributed by atoms with E-state index in [0.29, 0.717) is 22.7 Å². The first kappa shape index (κ1) is 31.0. The minimum absolute atomic E-state index is 0.0791. The molecule has 0 saturated carbocycles. The normalized spacial score (nSPS) is 12.8. The van der Waals surface area contributed by atoms with Crippen LogP contribution in [0.15, 0.2) is 36.4 Å². The van der Waals surface area contributed by atoms with Gasteiger partial charge in [0, 0.05) is 12.1 Å². The number of aromatic hydroxyl groups is 1. The van der Waals surface area contributed by atoms with Gasteiger partial charge in [-0.2, -0.15) is 0 Å². The molecular formula is C29H40ClN3O5. The van der Waals surface area contributed by atoms with E-state index in [2.05, 4.69) is 10.6 Å². The maximum absolute atomic E-state index is 13.9. The fourth-order valence-electron chi connectivity index (χ4n) is 4.03. The number of phenolic OH excluding ortho intramolecular Hbond substituents is 1. The van der Waals surface area contributed by atoms with Gasteiger partial charge in [0.1, 0.15) is 23.4 Å². The Morgan fingerprint density at radius 2 is 1.68 bits per heavy atom. The molecule has 0 saturated heterocycles. The summed E-state index contributed by atoms with van der Waals surface area (Å²) in [6.45, 7) is 12.5. The van der Waals surface area contributed by atoms with E-state index in [9.17, 15) is 19.5 Å². The zero-order valence-corrected chi connectivity index (χ0v) is 24.1. The maximum atomic E-state index is 13.9. The zero-order chi connectivity index (χ0) is 28.6. The quantitative estimate of drug-likeness (QED) is 0.305. The molecule has 2 aromatic rings. The smallest absolute Gasteiger partial charge is 0.408 e. The van der Waals surface area contributed by atoms with Gasteiger partial charge >= 0.3 is 6.09 Å². The van der Waals surface area contributed by atoms with Crippen LogP contribution in [0.4, 0.5) is 10.5 Å². The Morgan fingerprint density at radius 1 is 1.05 bits per heavy atom. The van der Waals surface area contributed by atoms with Gasteiger partial charge in [-0.1, -0.05) is 61.7 Å². The first-order chi connectivity index (χ1) is 17.8. The lowest BCUT2D eigenvalue weighted by Crippen LogP contribution is -2.51. The van der Waals surface area contributed by atoms with Gasteiger partial charge < -0.3 is 25.4 Å². The molecule has 8 nitrogen and oxygen atoms in total. The Hall–Kier alpha value is -3.26. The zero-order valence-electron chi connectivity index (χ0n) is 23.4. The van der Waals surface area contributed by atoms with E-state index in [-0.39, 0.29) is 17.9 Å². The average Bonchev–Trinajstić information content (AvgIpc) is 2.81. The summed E-state index contributed by atoms with van der Waals surface area (Å²) in [6, 6.07) is 8.16. The number of hydrogen-bond acceptors (Lipinski definition) is 5. The summed E-state index contributed by atoms with van der Waals surface area (Å²) in [5, 5.41) is 16.8. The fourth-order valence-corrected chi connectivity index (χ4v) is 4.30. The third kappa shape index (κ3) is 8.38. The van der Waals surface area contributed by atoms with Crippen LogP contribution in [0, 0.1) is 13.8 Å². The molecule has 0 spiro atoms. The number of para-hydroxylation sites is 2. The van der Waals surface area contributed by atoms with Gasteiger partial charge in [0.2, 0.25) is 5.91 Å². The molecule has 2 rings (SSSR count). The topological polar surface area (TPSA) is 108 Å². The molecule has 208 valence electrons. The highest BCUT2D eigenvalue weighted by Gasteiger charge is 2.36. The average molecular weight is 546 g/mol. The van der Waals surface area contributed by atoms with Gasteiger partial charge in [-0.3, -0.25) is 9.59 Å². The molecule has 0 aromatic heterocycles. The van der Waals surface area contributed by atoms with E-state index in [0.717, 1.165) is 18.4 Å². The minimum atomic E-state index is -1.18. The van der Waals surface area contributed by atoms with Crippen LogP contribution < -0.4 is 10.6 Å². The number of benzene rings is 2. The molecule has 0 bridgehead atoms. The number of aryl methyl sites for hydroxylation is 2. The molecule has 0 aliphatic carbocycles. The van der Waals surface area contributed by atoms with Crippen LogP contribution in [0.5, 0.6) is 5.75 Å². The van der Waals surface area contributed by atoms with Crippen LogP contribution >= 0.6 is 11.6 Å².